The average molecular weight is 244 g/mol. The number of nitrogens with zero attached hydrogens (tertiary/aromatic N) is 2. The average Bonchev–Trinajstić information content (AvgIpc) is 2.38. The van der Waals surface area contributed by atoms with E-state index in [2.05, 4.69) is 9.97 Å². The third-order valence-electron chi connectivity index (χ3n) is 2.30. The Morgan fingerprint density at radius 3 is 2.39 bits per heavy atom. The van der Waals surface area contributed by atoms with E-state index in [1.807, 2.05) is 0 Å². The van der Waals surface area contributed by atoms with Gasteiger partial charge in [0, 0.05) is 18.0 Å². The van der Waals surface area contributed by atoms with Crippen LogP contribution in [-0.4, -0.2) is 21.0 Å². The maximum atomic E-state index is 10.5. The van der Waals surface area contributed by atoms with Crippen molar-refractivity contribution in [1.29, 1.82) is 0 Å². The molecule has 0 aliphatic carbocycles. The van der Waals surface area contributed by atoms with Crippen LogP contribution in [0.25, 0.3) is 0 Å². The van der Waals surface area contributed by atoms with Crippen LogP contribution in [0.1, 0.15) is 11.1 Å². The molecule has 1 heterocycles. The number of carboxylic acids is 1. The highest BCUT2D eigenvalue weighted by Crippen LogP contribution is 2.14. The Labute approximate surface area is 104 Å². The zero-order chi connectivity index (χ0) is 12.8. The second kappa shape index (κ2) is 5.77. The molecule has 1 aromatic carbocycles. The normalized spacial score (nSPS) is 10.0. The van der Waals surface area contributed by atoms with Gasteiger partial charge in [-0.25, -0.2) is 9.97 Å². The van der Waals surface area contributed by atoms with Gasteiger partial charge in [-0.3, -0.25) is 4.79 Å². The molecule has 0 saturated carbocycles. The first-order chi connectivity index (χ1) is 8.74. The summed E-state index contributed by atoms with van der Waals surface area (Å²) in [4.78, 5) is 18.3. The van der Waals surface area contributed by atoms with Crippen LogP contribution in [0.3, 0.4) is 0 Å². The van der Waals surface area contributed by atoms with Crippen LogP contribution in [0.5, 0.6) is 5.75 Å². The lowest BCUT2D eigenvalue weighted by molar-refractivity contribution is -0.136. The lowest BCUT2D eigenvalue weighted by Gasteiger charge is -2.06. The number of aliphatic carboxylic acids is 1. The third kappa shape index (κ3) is 3.55. The number of ether oxygens (including phenoxy) is 1. The van der Waals surface area contributed by atoms with Crippen LogP contribution < -0.4 is 4.74 Å². The molecular weight excluding hydrogens is 232 g/mol. The summed E-state index contributed by atoms with van der Waals surface area (Å²) >= 11 is 0. The molecule has 0 amide bonds. The van der Waals surface area contributed by atoms with Crippen LogP contribution in [0, 0.1) is 0 Å². The first kappa shape index (κ1) is 12.0. The maximum absolute atomic E-state index is 10.5. The predicted molar refractivity (Wildman–Crippen MR) is 64.1 cm³/mol. The first-order valence-electron chi connectivity index (χ1n) is 5.41. The van der Waals surface area contributed by atoms with Crippen LogP contribution >= 0.6 is 0 Å². The van der Waals surface area contributed by atoms with E-state index in [1.54, 1.807) is 36.7 Å². The number of hydrogen-bond donors (Lipinski definition) is 1. The Morgan fingerprint density at radius 2 is 1.78 bits per heavy atom. The summed E-state index contributed by atoms with van der Waals surface area (Å²) in [6.07, 6.45) is 4.86. The van der Waals surface area contributed by atoms with Crippen LogP contribution in [0.2, 0.25) is 0 Å². The third-order valence-corrected chi connectivity index (χ3v) is 2.30. The summed E-state index contributed by atoms with van der Waals surface area (Å²) in [6.45, 7) is 0.388. The summed E-state index contributed by atoms with van der Waals surface area (Å²) in [6, 6.07) is 6.99. The van der Waals surface area contributed by atoms with Crippen molar-refractivity contribution in [2.45, 2.75) is 13.0 Å². The van der Waals surface area contributed by atoms with E-state index in [0.717, 1.165) is 11.1 Å². The van der Waals surface area contributed by atoms with Crippen molar-refractivity contribution < 1.29 is 14.6 Å². The minimum absolute atomic E-state index is 0.0206. The largest absolute Gasteiger partial charge is 0.489 e. The summed E-state index contributed by atoms with van der Waals surface area (Å²) in [5.74, 6) is -0.155. The second-order valence-corrected chi connectivity index (χ2v) is 3.75. The standard InChI is InChI=1S/C13H12N2O3/c16-13(17)5-10-1-3-12(4-2-10)18-8-11-6-14-9-15-7-11/h1-4,6-7,9H,5,8H2,(H,16,17). The molecule has 0 atom stereocenters. The van der Waals surface area contributed by atoms with Gasteiger partial charge in [0.15, 0.2) is 0 Å². The number of aromatic nitrogens is 2. The van der Waals surface area contributed by atoms with Gasteiger partial charge in [-0.2, -0.15) is 0 Å². The zero-order valence-electron chi connectivity index (χ0n) is 9.61. The highest BCUT2D eigenvalue weighted by Gasteiger charge is 2.01. The van der Waals surface area contributed by atoms with E-state index in [0.29, 0.717) is 12.4 Å². The number of carbonyl (C=O) groups is 1. The van der Waals surface area contributed by atoms with Crippen molar-refractivity contribution in [3.63, 3.8) is 0 Å². The molecule has 5 nitrogen and oxygen atoms in total. The van der Waals surface area contributed by atoms with E-state index < -0.39 is 5.97 Å². The molecule has 0 saturated heterocycles. The van der Waals surface area contributed by atoms with E-state index in [-0.39, 0.29) is 6.42 Å². The molecule has 2 rings (SSSR count). The Balaban J connectivity index is 1.92. The molecule has 18 heavy (non-hydrogen) atoms. The van der Waals surface area contributed by atoms with Gasteiger partial charge >= 0.3 is 5.97 Å². The van der Waals surface area contributed by atoms with Crippen molar-refractivity contribution in [1.82, 2.24) is 9.97 Å². The predicted octanol–water partition coefficient (Wildman–Crippen LogP) is 1.68. The summed E-state index contributed by atoms with van der Waals surface area (Å²) in [5, 5.41) is 8.64. The molecular formula is C13H12N2O3. The quantitative estimate of drug-likeness (QED) is 0.866. The van der Waals surface area contributed by atoms with Gasteiger partial charge in [0.05, 0.1) is 6.42 Å². The topological polar surface area (TPSA) is 72.3 Å². The fraction of sp³-hybridized carbons (Fsp3) is 0.154. The Morgan fingerprint density at radius 1 is 1.11 bits per heavy atom. The molecule has 1 N–H and O–H groups in total. The van der Waals surface area contributed by atoms with Gasteiger partial charge in [0.25, 0.3) is 0 Å². The van der Waals surface area contributed by atoms with Crippen molar-refractivity contribution in [2.75, 3.05) is 0 Å². The van der Waals surface area contributed by atoms with Crippen molar-refractivity contribution in [2.24, 2.45) is 0 Å². The van der Waals surface area contributed by atoms with E-state index in [1.165, 1.54) is 6.33 Å². The lowest BCUT2D eigenvalue weighted by Crippen LogP contribution is -2.00. The van der Waals surface area contributed by atoms with Crippen LogP contribution in [-0.2, 0) is 17.8 Å². The van der Waals surface area contributed by atoms with Crippen LogP contribution in [0.4, 0.5) is 0 Å². The lowest BCUT2D eigenvalue weighted by atomic mass is 10.1. The first-order valence-corrected chi connectivity index (χ1v) is 5.41. The Hall–Kier alpha value is -2.43. The number of carboxylic acid groups (broad SMARTS) is 1. The number of hydrogen-bond acceptors (Lipinski definition) is 4. The number of benzene rings is 1. The SMILES string of the molecule is O=C(O)Cc1ccc(OCc2cncnc2)cc1. The van der Waals surface area contributed by atoms with Gasteiger partial charge in [-0.1, -0.05) is 12.1 Å². The van der Waals surface area contributed by atoms with Crippen molar-refractivity contribution in [3.8, 4) is 5.75 Å². The molecule has 0 aliphatic rings. The molecule has 0 fully saturated rings. The Kier molecular flexibility index (Phi) is 3.86. The summed E-state index contributed by atoms with van der Waals surface area (Å²) < 4.78 is 5.52. The highest BCUT2D eigenvalue weighted by molar-refractivity contribution is 5.70. The molecule has 1 aromatic heterocycles. The van der Waals surface area contributed by atoms with Gasteiger partial charge in [-0.05, 0) is 17.7 Å². The van der Waals surface area contributed by atoms with Gasteiger partial charge < -0.3 is 9.84 Å². The molecule has 0 bridgehead atoms. The monoisotopic (exact) mass is 244 g/mol. The molecule has 0 aliphatic heterocycles. The van der Waals surface area contributed by atoms with E-state index in [4.69, 9.17) is 9.84 Å². The fourth-order valence-corrected chi connectivity index (χ4v) is 1.45. The second-order valence-electron chi connectivity index (χ2n) is 3.75. The highest BCUT2D eigenvalue weighted by atomic mass is 16.5. The van der Waals surface area contributed by atoms with Crippen LogP contribution in [0.15, 0.2) is 43.0 Å². The summed E-state index contributed by atoms with van der Waals surface area (Å²) in [7, 11) is 0. The minimum Gasteiger partial charge on any atom is -0.489 e. The smallest absolute Gasteiger partial charge is 0.307 e. The van der Waals surface area contributed by atoms with Gasteiger partial charge in [-0.15, -0.1) is 0 Å². The van der Waals surface area contributed by atoms with Gasteiger partial charge in [0.1, 0.15) is 18.7 Å². The molecule has 0 spiro atoms. The van der Waals surface area contributed by atoms with Crippen molar-refractivity contribution in [3.05, 3.63) is 54.1 Å². The van der Waals surface area contributed by atoms with E-state index >= 15 is 0 Å². The summed E-state index contributed by atoms with van der Waals surface area (Å²) in [5.41, 5.74) is 1.63. The van der Waals surface area contributed by atoms with Crippen molar-refractivity contribution >= 4 is 5.97 Å². The molecule has 0 radical (unpaired) electrons. The molecule has 5 heteroatoms. The molecule has 92 valence electrons. The molecule has 2 aromatic rings. The zero-order valence-corrected chi connectivity index (χ0v) is 9.61. The Bertz CT molecular complexity index is 512. The number of rotatable bonds is 5. The fourth-order valence-electron chi connectivity index (χ4n) is 1.45. The molecule has 0 unspecified atom stereocenters. The van der Waals surface area contributed by atoms with E-state index in [9.17, 15) is 4.79 Å². The maximum Gasteiger partial charge on any atom is 0.307 e. The minimum atomic E-state index is -0.842. The van der Waals surface area contributed by atoms with Gasteiger partial charge in [0.2, 0.25) is 0 Å².